The molecule has 0 amide bonds. The van der Waals surface area contributed by atoms with Crippen LogP contribution in [-0.2, 0) is 5.41 Å². The van der Waals surface area contributed by atoms with Gasteiger partial charge in [0.05, 0.1) is 6.04 Å². The first kappa shape index (κ1) is 19.4. The number of thiol groups is 1. The molecule has 0 spiro atoms. The molecular weight excluding hydrogens is 378 g/mol. The fourth-order valence-corrected chi connectivity index (χ4v) is 4.17. The number of hydrogen-bond acceptors (Lipinski definition) is 5. The number of nitrogens with one attached hydrogen (secondary N) is 1. The number of hydrogen-bond donors (Lipinski definition) is 2. The topological polar surface area (TPSA) is 51.0 Å². The van der Waals surface area contributed by atoms with Crippen molar-refractivity contribution < 1.29 is 4.52 Å². The lowest BCUT2D eigenvalue weighted by molar-refractivity contribution is 0.323. The monoisotopic (exact) mass is 401 g/mol. The van der Waals surface area contributed by atoms with Crippen molar-refractivity contribution in [1.82, 2.24) is 14.9 Å². The molecule has 29 heavy (non-hydrogen) atoms. The summed E-state index contributed by atoms with van der Waals surface area (Å²) >= 11 is 4.41. The van der Waals surface area contributed by atoms with Crippen LogP contribution in [0.25, 0.3) is 0 Å². The van der Waals surface area contributed by atoms with Crippen LogP contribution in [0.2, 0.25) is 0 Å². The van der Waals surface area contributed by atoms with Crippen LogP contribution in [0.1, 0.15) is 40.9 Å². The number of rotatable bonds is 7. The highest BCUT2D eigenvalue weighted by atomic mass is 32.1. The number of aromatic nitrogens is 2. The quantitative estimate of drug-likeness (QED) is 0.327. The smallest absolute Gasteiger partial charge is 0.244 e. The first-order chi connectivity index (χ1) is 14.2. The minimum absolute atomic E-state index is 0.236. The van der Waals surface area contributed by atoms with Crippen molar-refractivity contribution in [2.24, 2.45) is 0 Å². The van der Waals surface area contributed by atoms with E-state index in [1.165, 1.54) is 16.7 Å². The fraction of sp³-hybridized carbons (Fsp3) is 0.167. The summed E-state index contributed by atoms with van der Waals surface area (Å²) in [5, 5.41) is 3.97. The van der Waals surface area contributed by atoms with Crippen molar-refractivity contribution >= 4 is 12.8 Å². The third-order valence-corrected chi connectivity index (χ3v) is 5.62. The van der Waals surface area contributed by atoms with E-state index in [0.717, 1.165) is 0 Å². The van der Waals surface area contributed by atoms with E-state index < -0.39 is 5.41 Å². The van der Waals surface area contributed by atoms with Gasteiger partial charge in [0.25, 0.3) is 0 Å². The summed E-state index contributed by atoms with van der Waals surface area (Å²) in [5.41, 5.74) is 3.17. The highest BCUT2D eigenvalue weighted by molar-refractivity contribution is 7.78. The van der Waals surface area contributed by atoms with E-state index in [1.807, 2.05) is 25.1 Å². The molecule has 146 valence electrons. The Morgan fingerprint density at radius 1 is 0.828 bits per heavy atom. The van der Waals surface area contributed by atoms with Gasteiger partial charge in [-0.25, -0.2) is 0 Å². The van der Waals surface area contributed by atoms with Gasteiger partial charge in [-0.1, -0.05) is 109 Å². The van der Waals surface area contributed by atoms with Crippen molar-refractivity contribution in [3.05, 3.63) is 119 Å². The molecule has 4 rings (SSSR count). The summed E-state index contributed by atoms with van der Waals surface area (Å²) in [7, 11) is 0. The summed E-state index contributed by atoms with van der Waals surface area (Å²) in [6.45, 7) is 1.82. The molecule has 1 heterocycles. The number of benzene rings is 3. The zero-order valence-electron chi connectivity index (χ0n) is 16.2. The predicted molar refractivity (Wildman–Crippen MR) is 118 cm³/mol. The lowest BCUT2D eigenvalue weighted by atomic mass is 9.66. The Labute approximate surface area is 176 Å². The van der Waals surface area contributed by atoms with Gasteiger partial charge in [-0.05, 0) is 30.0 Å². The minimum Gasteiger partial charge on any atom is -0.338 e. The molecule has 0 radical (unpaired) electrons. The summed E-state index contributed by atoms with van der Waals surface area (Å²) in [6, 6.07) is 31.4. The van der Waals surface area contributed by atoms with Crippen LogP contribution in [0, 0.1) is 6.92 Å². The molecule has 0 aliphatic rings. The average molecular weight is 402 g/mol. The fourth-order valence-electron chi connectivity index (χ4n) is 3.97. The van der Waals surface area contributed by atoms with E-state index in [0.29, 0.717) is 18.1 Å². The molecule has 4 aromatic rings. The normalized spacial score (nSPS) is 12.6. The van der Waals surface area contributed by atoms with Gasteiger partial charge in [0.1, 0.15) is 0 Å². The van der Waals surface area contributed by atoms with Gasteiger partial charge in [-0.15, -0.1) is 0 Å². The number of aryl methyl sites for hydroxylation is 1. The van der Waals surface area contributed by atoms with Gasteiger partial charge in [-0.2, -0.15) is 4.98 Å². The molecule has 1 aromatic heterocycles. The maximum atomic E-state index is 5.50. The largest absolute Gasteiger partial charge is 0.338 e. The molecule has 0 saturated carbocycles. The summed E-state index contributed by atoms with van der Waals surface area (Å²) < 4.78 is 8.59. The van der Waals surface area contributed by atoms with E-state index in [1.54, 1.807) is 0 Å². The molecule has 0 fully saturated rings. The second kappa shape index (κ2) is 8.64. The van der Waals surface area contributed by atoms with Crippen LogP contribution in [0.4, 0.5) is 0 Å². The van der Waals surface area contributed by atoms with Crippen molar-refractivity contribution in [2.45, 2.75) is 24.8 Å². The van der Waals surface area contributed by atoms with E-state index in [-0.39, 0.29) is 6.04 Å². The minimum atomic E-state index is -0.424. The zero-order valence-corrected chi connectivity index (χ0v) is 17.1. The molecular formula is C24H23N3OS. The Kier molecular flexibility index (Phi) is 5.79. The first-order valence-electron chi connectivity index (χ1n) is 9.60. The lowest BCUT2D eigenvalue weighted by Gasteiger charge is -2.38. The second-order valence-electron chi connectivity index (χ2n) is 7.07. The Balaban J connectivity index is 1.94. The van der Waals surface area contributed by atoms with Crippen molar-refractivity contribution in [2.75, 3.05) is 0 Å². The van der Waals surface area contributed by atoms with Crippen LogP contribution in [0.15, 0.2) is 95.5 Å². The molecule has 5 heteroatoms. The zero-order chi connectivity index (χ0) is 20.1. The van der Waals surface area contributed by atoms with Crippen molar-refractivity contribution in [3.63, 3.8) is 0 Å². The first-order valence-corrected chi connectivity index (χ1v) is 10.0. The van der Waals surface area contributed by atoms with Crippen LogP contribution in [-0.4, -0.2) is 10.1 Å². The Hall–Kier alpha value is -2.89. The van der Waals surface area contributed by atoms with E-state index >= 15 is 0 Å². The summed E-state index contributed by atoms with van der Waals surface area (Å²) in [4.78, 5) is 4.46. The molecule has 0 aliphatic heterocycles. The molecule has 0 saturated heterocycles. The Bertz CT molecular complexity index is 939. The molecule has 0 unspecified atom stereocenters. The average Bonchev–Trinajstić information content (AvgIpc) is 3.23. The Morgan fingerprint density at radius 3 is 1.62 bits per heavy atom. The van der Waals surface area contributed by atoms with E-state index in [9.17, 15) is 0 Å². The molecule has 0 aliphatic carbocycles. The van der Waals surface area contributed by atoms with Crippen molar-refractivity contribution in [1.29, 1.82) is 0 Å². The second-order valence-corrected chi connectivity index (χ2v) is 7.33. The SMILES string of the molecule is Cc1noc([C@@H](CC(c2ccccc2)(c2ccccc2)c2ccccc2)NS)n1. The summed E-state index contributed by atoms with van der Waals surface area (Å²) in [6.07, 6.45) is 0.663. The van der Waals surface area contributed by atoms with Gasteiger partial charge in [-0.3, -0.25) is 4.72 Å². The molecule has 1 N–H and O–H groups in total. The van der Waals surface area contributed by atoms with E-state index in [2.05, 4.69) is 100 Å². The van der Waals surface area contributed by atoms with Gasteiger partial charge < -0.3 is 4.52 Å². The van der Waals surface area contributed by atoms with Gasteiger partial charge >= 0.3 is 0 Å². The number of nitrogens with zero attached hydrogens (tertiary/aromatic N) is 2. The molecule has 4 nitrogen and oxygen atoms in total. The lowest BCUT2D eigenvalue weighted by Crippen LogP contribution is -2.34. The maximum Gasteiger partial charge on any atom is 0.244 e. The van der Waals surface area contributed by atoms with Crippen LogP contribution in [0.3, 0.4) is 0 Å². The molecule has 0 bridgehead atoms. The van der Waals surface area contributed by atoms with Crippen LogP contribution < -0.4 is 4.72 Å². The molecule has 1 atom stereocenters. The van der Waals surface area contributed by atoms with E-state index in [4.69, 9.17) is 4.52 Å². The van der Waals surface area contributed by atoms with Gasteiger partial charge in [0.15, 0.2) is 5.82 Å². The summed E-state index contributed by atoms with van der Waals surface area (Å²) in [5.74, 6) is 1.14. The Morgan fingerprint density at radius 2 is 1.28 bits per heavy atom. The third kappa shape index (κ3) is 3.84. The predicted octanol–water partition coefficient (Wildman–Crippen LogP) is 5.28. The van der Waals surface area contributed by atoms with Crippen LogP contribution >= 0.6 is 12.8 Å². The highest BCUT2D eigenvalue weighted by Crippen LogP contribution is 2.45. The van der Waals surface area contributed by atoms with Gasteiger partial charge in [0, 0.05) is 5.41 Å². The maximum absolute atomic E-state index is 5.50. The van der Waals surface area contributed by atoms with Crippen LogP contribution in [0.5, 0.6) is 0 Å². The highest BCUT2D eigenvalue weighted by Gasteiger charge is 2.40. The third-order valence-electron chi connectivity index (χ3n) is 5.31. The molecule has 3 aromatic carbocycles. The van der Waals surface area contributed by atoms with Gasteiger partial charge in [0.2, 0.25) is 5.89 Å². The van der Waals surface area contributed by atoms with Crippen molar-refractivity contribution in [3.8, 4) is 0 Å². The standard InChI is InChI=1S/C24H23N3OS/c1-18-25-23(28-26-18)22(27-29)17-24(19-11-5-2-6-12-19,20-13-7-3-8-14-20)21-15-9-4-10-16-21/h2-16,22,27,29H,17H2,1H3/t22-/m1/s1.